The molecule has 0 aliphatic rings. The summed E-state index contributed by atoms with van der Waals surface area (Å²) < 4.78 is 2.23. The molecular formula is C15H12BrClN2S. The Balaban J connectivity index is 1.83. The molecule has 0 amide bonds. The van der Waals surface area contributed by atoms with Crippen molar-refractivity contribution in [1.82, 2.24) is 4.98 Å². The fraction of sp³-hybridized carbons (Fsp3) is 0.133. The minimum absolute atomic E-state index is 0.191. The Kier molecular flexibility index (Phi) is 3.96. The Labute approximate surface area is 134 Å². The third kappa shape index (κ3) is 2.97. The number of hydrogen-bond acceptors (Lipinski definition) is 3. The number of hydrogen-bond donors (Lipinski definition) is 1. The predicted octanol–water partition coefficient (Wildman–Crippen LogP) is 5.89. The molecule has 2 nitrogen and oxygen atoms in total. The topological polar surface area (TPSA) is 24.9 Å². The highest BCUT2D eigenvalue weighted by Crippen LogP contribution is 2.30. The first-order chi connectivity index (χ1) is 9.61. The quantitative estimate of drug-likeness (QED) is 0.624. The Hall–Kier alpha value is -1.10. The average Bonchev–Trinajstić information content (AvgIpc) is 2.80. The minimum atomic E-state index is 0.191. The number of thiazole rings is 1. The molecule has 1 heterocycles. The summed E-state index contributed by atoms with van der Waals surface area (Å²) in [4.78, 5) is 4.61. The fourth-order valence-electron chi connectivity index (χ4n) is 1.98. The molecular weight excluding hydrogens is 356 g/mol. The van der Waals surface area contributed by atoms with Gasteiger partial charge in [-0.15, -0.1) is 0 Å². The van der Waals surface area contributed by atoms with Crippen molar-refractivity contribution in [1.29, 1.82) is 0 Å². The van der Waals surface area contributed by atoms with Crippen molar-refractivity contribution in [2.75, 3.05) is 5.32 Å². The zero-order valence-corrected chi connectivity index (χ0v) is 13.9. The number of fused-ring (bicyclic) bond motifs is 1. The van der Waals surface area contributed by atoms with Crippen molar-refractivity contribution in [2.45, 2.75) is 13.0 Å². The van der Waals surface area contributed by atoms with E-state index in [-0.39, 0.29) is 6.04 Å². The Bertz CT molecular complexity index is 739. The molecule has 0 fully saturated rings. The fourth-order valence-corrected chi connectivity index (χ4v) is 3.39. The number of halogens is 2. The van der Waals surface area contributed by atoms with Gasteiger partial charge in [-0.3, -0.25) is 0 Å². The summed E-state index contributed by atoms with van der Waals surface area (Å²) in [5, 5.41) is 5.12. The molecule has 20 heavy (non-hydrogen) atoms. The van der Waals surface area contributed by atoms with Gasteiger partial charge in [-0.1, -0.05) is 51.0 Å². The van der Waals surface area contributed by atoms with Crippen molar-refractivity contribution in [3.63, 3.8) is 0 Å². The van der Waals surface area contributed by atoms with Gasteiger partial charge < -0.3 is 5.32 Å². The average molecular weight is 368 g/mol. The second-order valence-electron chi connectivity index (χ2n) is 4.55. The molecule has 0 aliphatic heterocycles. The molecule has 1 N–H and O–H groups in total. The van der Waals surface area contributed by atoms with Gasteiger partial charge in [-0.2, -0.15) is 0 Å². The summed E-state index contributed by atoms with van der Waals surface area (Å²) >= 11 is 11.0. The minimum Gasteiger partial charge on any atom is -0.355 e. The second kappa shape index (κ2) is 5.72. The molecule has 0 saturated carbocycles. The van der Waals surface area contributed by atoms with Gasteiger partial charge in [0.25, 0.3) is 0 Å². The van der Waals surface area contributed by atoms with E-state index >= 15 is 0 Å². The van der Waals surface area contributed by atoms with Gasteiger partial charge in [0.2, 0.25) is 0 Å². The van der Waals surface area contributed by atoms with Crippen LogP contribution in [0.4, 0.5) is 5.13 Å². The van der Waals surface area contributed by atoms with Crippen LogP contribution in [0.1, 0.15) is 18.5 Å². The van der Waals surface area contributed by atoms with Gasteiger partial charge in [0, 0.05) is 9.50 Å². The van der Waals surface area contributed by atoms with E-state index in [0.29, 0.717) is 0 Å². The van der Waals surface area contributed by atoms with Gasteiger partial charge in [0.1, 0.15) is 0 Å². The highest BCUT2D eigenvalue weighted by molar-refractivity contribution is 9.10. The lowest BCUT2D eigenvalue weighted by Crippen LogP contribution is -2.05. The maximum atomic E-state index is 5.91. The van der Waals surface area contributed by atoms with Crippen molar-refractivity contribution in [3.05, 3.63) is 57.5 Å². The summed E-state index contributed by atoms with van der Waals surface area (Å²) in [5.74, 6) is 0. The van der Waals surface area contributed by atoms with E-state index in [1.807, 2.05) is 36.4 Å². The Morgan fingerprint density at radius 1 is 1.20 bits per heavy atom. The normalized spacial score (nSPS) is 12.6. The van der Waals surface area contributed by atoms with Crippen molar-refractivity contribution in [3.8, 4) is 0 Å². The molecule has 0 spiro atoms. The van der Waals surface area contributed by atoms with Crippen LogP contribution in [-0.4, -0.2) is 4.98 Å². The lowest BCUT2D eigenvalue weighted by molar-refractivity contribution is 0.883. The van der Waals surface area contributed by atoms with Crippen molar-refractivity contribution in [2.24, 2.45) is 0 Å². The molecule has 102 valence electrons. The monoisotopic (exact) mass is 366 g/mol. The highest BCUT2D eigenvalue weighted by atomic mass is 79.9. The Morgan fingerprint density at radius 2 is 1.95 bits per heavy atom. The first-order valence-electron chi connectivity index (χ1n) is 6.20. The molecule has 2 aromatic carbocycles. The summed E-state index contributed by atoms with van der Waals surface area (Å²) in [6, 6.07) is 14.2. The van der Waals surface area contributed by atoms with Crippen LogP contribution in [-0.2, 0) is 0 Å². The molecule has 1 aromatic heterocycles. The number of nitrogens with zero attached hydrogens (tertiary/aromatic N) is 1. The van der Waals surface area contributed by atoms with Gasteiger partial charge in [-0.25, -0.2) is 4.98 Å². The van der Waals surface area contributed by atoms with Crippen molar-refractivity contribution < 1.29 is 0 Å². The van der Waals surface area contributed by atoms with Gasteiger partial charge in [0.05, 0.1) is 16.3 Å². The van der Waals surface area contributed by atoms with Gasteiger partial charge >= 0.3 is 0 Å². The van der Waals surface area contributed by atoms with Crippen LogP contribution in [0.25, 0.3) is 10.2 Å². The number of nitrogens with one attached hydrogen (secondary N) is 1. The van der Waals surface area contributed by atoms with Crippen LogP contribution in [0, 0.1) is 0 Å². The smallest absolute Gasteiger partial charge is 0.184 e. The predicted molar refractivity (Wildman–Crippen MR) is 90.8 cm³/mol. The summed E-state index contributed by atoms with van der Waals surface area (Å²) in [5.41, 5.74) is 2.20. The number of rotatable bonds is 3. The number of aromatic nitrogens is 1. The van der Waals surface area contributed by atoms with E-state index in [9.17, 15) is 0 Å². The molecule has 3 rings (SSSR count). The lowest BCUT2D eigenvalue weighted by atomic mass is 10.1. The molecule has 0 radical (unpaired) electrons. The molecule has 0 aliphatic carbocycles. The van der Waals surface area contributed by atoms with Crippen LogP contribution in [0.5, 0.6) is 0 Å². The molecule has 1 unspecified atom stereocenters. The summed E-state index contributed by atoms with van der Waals surface area (Å²) in [7, 11) is 0. The molecule has 5 heteroatoms. The number of anilines is 1. The largest absolute Gasteiger partial charge is 0.355 e. The van der Waals surface area contributed by atoms with Crippen molar-refractivity contribution >= 4 is 54.2 Å². The molecule has 3 aromatic rings. The summed E-state index contributed by atoms with van der Waals surface area (Å²) in [6.07, 6.45) is 0. The van der Waals surface area contributed by atoms with E-state index < -0.39 is 0 Å². The SMILES string of the molecule is CC(Nc1nc2cc(Br)ccc2s1)c1ccc(Cl)cc1. The molecule has 0 saturated heterocycles. The zero-order valence-electron chi connectivity index (χ0n) is 10.7. The zero-order chi connectivity index (χ0) is 14.1. The highest BCUT2D eigenvalue weighted by Gasteiger charge is 2.09. The summed E-state index contributed by atoms with van der Waals surface area (Å²) in [6.45, 7) is 2.12. The van der Waals surface area contributed by atoms with E-state index in [4.69, 9.17) is 11.6 Å². The second-order valence-corrected chi connectivity index (χ2v) is 6.93. The van der Waals surface area contributed by atoms with Crippen LogP contribution in [0.2, 0.25) is 5.02 Å². The third-order valence-corrected chi connectivity index (χ3v) is 4.77. The Morgan fingerprint density at radius 3 is 2.70 bits per heavy atom. The van der Waals surface area contributed by atoms with Gasteiger partial charge in [0.15, 0.2) is 5.13 Å². The van der Waals surface area contributed by atoms with Crippen LogP contribution >= 0.6 is 38.9 Å². The maximum absolute atomic E-state index is 5.91. The molecule has 0 bridgehead atoms. The van der Waals surface area contributed by atoms with E-state index in [0.717, 1.165) is 20.1 Å². The first kappa shape index (κ1) is 13.9. The van der Waals surface area contributed by atoms with E-state index in [1.54, 1.807) is 11.3 Å². The standard InChI is InChI=1S/C15H12BrClN2S/c1-9(10-2-5-12(17)6-3-10)18-15-19-13-8-11(16)4-7-14(13)20-15/h2-9H,1H3,(H,18,19). The lowest BCUT2D eigenvalue weighted by Gasteiger charge is -2.13. The third-order valence-electron chi connectivity index (χ3n) is 3.06. The number of benzene rings is 2. The first-order valence-corrected chi connectivity index (χ1v) is 8.18. The van der Waals surface area contributed by atoms with Crippen LogP contribution < -0.4 is 5.32 Å². The van der Waals surface area contributed by atoms with Crippen LogP contribution in [0.15, 0.2) is 46.9 Å². The van der Waals surface area contributed by atoms with Crippen LogP contribution in [0.3, 0.4) is 0 Å². The molecule has 1 atom stereocenters. The maximum Gasteiger partial charge on any atom is 0.184 e. The van der Waals surface area contributed by atoms with E-state index in [2.05, 4.69) is 39.2 Å². The van der Waals surface area contributed by atoms with E-state index in [1.165, 1.54) is 10.3 Å². The van der Waals surface area contributed by atoms with Gasteiger partial charge in [-0.05, 0) is 42.8 Å².